The summed E-state index contributed by atoms with van der Waals surface area (Å²) >= 11 is 0. The molecule has 2 saturated heterocycles. The van der Waals surface area contributed by atoms with E-state index in [0.29, 0.717) is 37.3 Å². The fourth-order valence-electron chi connectivity index (χ4n) is 7.58. The summed E-state index contributed by atoms with van der Waals surface area (Å²) in [6, 6.07) is 6.80. The summed E-state index contributed by atoms with van der Waals surface area (Å²) in [4.78, 5) is 45.1. The number of nitrogen functional groups attached to an aromatic ring is 1. The van der Waals surface area contributed by atoms with Gasteiger partial charge in [-0.2, -0.15) is 0 Å². The van der Waals surface area contributed by atoms with Gasteiger partial charge in [-0.05, 0) is 70.9 Å². The van der Waals surface area contributed by atoms with Crippen LogP contribution in [0.4, 0.5) is 10.5 Å². The number of nitrogens with two attached hydrogens (primary N) is 1. The molecule has 0 saturated carbocycles. The van der Waals surface area contributed by atoms with Gasteiger partial charge in [0.1, 0.15) is 23.5 Å². The van der Waals surface area contributed by atoms with Gasteiger partial charge >= 0.3 is 12.1 Å². The second kappa shape index (κ2) is 16.1. The Bertz CT molecular complexity index is 1540. The highest BCUT2D eigenvalue weighted by Crippen LogP contribution is 2.45. The van der Waals surface area contributed by atoms with Gasteiger partial charge in [0.15, 0.2) is 5.60 Å². The van der Waals surface area contributed by atoms with Crippen LogP contribution in [0.5, 0.6) is 0 Å². The second-order valence-corrected chi connectivity index (χ2v) is 14.6. The first kappa shape index (κ1) is 39.1. The first-order chi connectivity index (χ1) is 23.6. The van der Waals surface area contributed by atoms with E-state index >= 15 is 0 Å². The number of benzene rings is 1. The Kier molecular flexibility index (Phi) is 12.6. The van der Waals surface area contributed by atoms with Gasteiger partial charge in [0.2, 0.25) is 0 Å². The number of Topliss-reactive ketones (excluding diaryl/α,β-unsaturated/α-hetero) is 1. The highest BCUT2D eigenvalue weighted by molar-refractivity contribution is 6.18. The van der Waals surface area contributed by atoms with E-state index in [2.05, 4.69) is 29.1 Å². The number of likely N-dealkylation sites (N-methyl/N-ethyl adjacent to an activating group) is 1. The molecule has 13 heteroatoms. The Morgan fingerprint density at radius 2 is 1.86 bits per heavy atom. The van der Waals surface area contributed by atoms with Crippen LogP contribution in [-0.4, -0.2) is 108 Å². The fourth-order valence-corrected chi connectivity index (χ4v) is 7.58. The Morgan fingerprint density at radius 3 is 2.52 bits per heavy atom. The lowest BCUT2D eigenvalue weighted by molar-refractivity contribution is -0.171. The Hall–Kier alpha value is -3.71. The molecule has 9 atom stereocenters. The van der Waals surface area contributed by atoms with Crippen molar-refractivity contribution in [2.75, 3.05) is 33.0 Å². The van der Waals surface area contributed by atoms with E-state index < -0.39 is 53.1 Å². The summed E-state index contributed by atoms with van der Waals surface area (Å²) in [5, 5.41) is 7.52. The molecule has 1 aromatic heterocycles. The Morgan fingerprint density at radius 1 is 1.16 bits per heavy atom. The molecular formula is C37H55BN6O6. The molecule has 2 N–H and O–H groups in total. The van der Waals surface area contributed by atoms with Crippen molar-refractivity contribution in [1.82, 2.24) is 24.8 Å². The van der Waals surface area contributed by atoms with Crippen LogP contribution in [0.15, 0.2) is 42.6 Å². The van der Waals surface area contributed by atoms with Gasteiger partial charge in [0, 0.05) is 43.4 Å². The lowest BCUT2D eigenvalue weighted by atomic mass is 9.53. The van der Waals surface area contributed by atoms with E-state index in [1.807, 2.05) is 70.4 Å². The molecule has 12 nitrogen and oxygen atoms in total. The van der Waals surface area contributed by atoms with Crippen LogP contribution in [0.3, 0.4) is 0 Å². The van der Waals surface area contributed by atoms with Gasteiger partial charge in [0.25, 0.3) is 0 Å². The van der Waals surface area contributed by atoms with Crippen LogP contribution >= 0.6 is 0 Å². The van der Waals surface area contributed by atoms with Crippen LogP contribution in [0, 0.1) is 17.8 Å². The number of rotatable bonds is 8. The smallest absolute Gasteiger partial charge is 0.411 e. The first-order valence-corrected chi connectivity index (χ1v) is 17.7. The lowest BCUT2D eigenvalue weighted by Crippen LogP contribution is -2.61. The van der Waals surface area contributed by atoms with Gasteiger partial charge < -0.3 is 24.8 Å². The lowest BCUT2D eigenvalue weighted by Gasteiger charge is -2.43. The number of hydrogen-bond acceptors (Lipinski definition) is 10. The highest BCUT2D eigenvalue weighted by Gasteiger charge is 2.59. The number of ether oxygens (including phenoxy) is 3. The maximum atomic E-state index is 13.8. The van der Waals surface area contributed by atoms with Crippen molar-refractivity contribution in [1.29, 1.82) is 0 Å². The van der Waals surface area contributed by atoms with Crippen molar-refractivity contribution in [3.8, 4) is 11.3 Å². The fraction of sp³-hybridized carbons (Fsp3) is 0.649. The number of anilines is 1. The van der Waals surface area contributed by atoms with E-state index in [1.54, 1.807) is 30.5 Å². The molecule has 0 bridgehead atoms. The van der Waals surface area contributed by atoms with Crippen molar-refractivity contribution in [2.24, 2.45) is 17.8 Å². The average Bonchev–Trinajstić information content (AvgIpc) is 3.67. The average molecular weight is 691 g/mol. The number of aromatic nitrogens is 3. The van der Waals surface area contributed by atoms with Crippen LogP contribution in [-0.2, 0) is 30.3 Å². The summed E-state index contributed by atoms with van der Waals surface area (Å²) in [5.41, 5.74) is 6.97. The number of hydrogen-bond donors (Lipinski definition) is 1. The molecule has 1 amide bonds. The zero-order valence-corrected chi connectivity index (χ0v) is 31.2. The summed E-state index contributed by atoms with van der Waals surface area (Å²) < 4.78 is 19.7. The number of methoxy groups -OCH3 is 1. The predicted octanol–water partition coefficient (Wildman–Crippen LogP) is 4.94. The van der Waals surface area contributed by atoms with Crippen LogP contribution < -0.4 is 5.73 Å². The third-order valence-electron chi connectivity index (χ3n) is 11.2. The van der Waals surface area contributed by atoms with E-state index in [4.69, 9.17) is 27.8 Å². The molecule has 2 aliphatic rings. The Balaban J connectivity index is 1.61. The predicted molar refractivity (Wildman–Crippen MR) is 193 cm³/mol. The zero-order chi connectivity index (χ0) is 37.0. The van der Waals surface area contributed by atoms with Crippen LogP contribution in [0.1, 0.15) is 67.7 Å². The molecular weight excluding hydrogens is 635 g/mol. The minimum absolute atomic E-state index is 0.185. The standard InChI is InChI=1S/C37H55BN6O6/c1-10-31-36(7)33(44(35(47)50-36)19-12-11-18-43-22-30(40-41-43)28-14-13-15-29(39)20-28)26(5)42(8)21-23(2)16-17-37(38,27(6)48-9)25(4)32(45)24(3)34(46)49-31/h11-15,20,22-27,31,33H,10,16-19,21,39H2,1-9H3/b12-11+/t23-,24-,25+,26-,27?,31-,33-,36-,37+/m1/s1. The quantitative estimate of drug-likeness (QED) is 0.133. The number of esters is 1. The molecule has 0 spiro atoms. The van der Waals surface area contributed by atoms with Gasteiger partial charge in [-0.25, -0.2) is 9.48 Å². The van der Waals surface area contributed by atoms with Gasteiger partial charge in [0.05, 0.1) is 32.7 Å². The van der Waals surface area contributed by atoms with Crippen LogP contribution in [0.2, 0.25) is 5.31 Å². The Labute approximate surface area is 298 Å². The van der Waals surface area contributed by atoms with Crippen molar-refractivity contribution in [3.63, 3.8) is 0 Å². The number of amides is 1. The van der Waals surface area contributed by atoms with E-state index in [9.17, 15) is 14.4 Å². The maximum Gasteiger partial charge on any atom is 0.411 e. The number of fused-ring (bicyclic) bond motifs is 1. The molecule has 1 unspecified atom stereocenters. The molecule has 3 heterocycles. The van der Waals surface area contributed by atoms with Crippen LogP contribution in [0.25, 0.3) is 11.3 Å². The van der Waals surface area contributed by atoms with Crippen molar-refractivity contribution in [3.05, 3.63) is 42.6 Å². The number of ketones is 1. The normalized spacial score (nSPS) is 32.7. The molecule has 4 rings (SSSR count). The molecule has 50 heavy (non-hydrogen) atoms. The molecule has 2 aromatic rings. The molecule has 0 aliphatic carbocycles. The van der Waals surface area contributed by atoms with Gasteiger partial charge in [-0.15, -0.1) is 5.10 Å². The molecule has 2 aliphatic heterocycles. The topological polar surface area (TPSA) is 142 Å². The monoisotopic (exact) mass is 690 g/mol. The third kappa shape index (κ3) is 8.09. The van der Waals surface area contributed by atoms with E-state index in [0.717, 1.165) is 12.0 Å². The molecule has 272 valence electrons. The van der Waals surface area contributed by atoms with E-state index in [-0.39, 0.29) is 24.3 Å². The number of cyclic esters (lactones) is 1. The SMILES string of the molecule is [B][C@@]1(C(C)OC)CC[C@@H](C)CN(C)[C@H](C)[C@H]2N(C/C=C/Cn3cc(-c4cccc(N)c4)nn3)C(=O)O[C@]2(C)[C@@H](CC)OC(=O)[C@H](C)C(=O)[C@@H]1C. The molecule has 2 fully saturated rings. The third-order valence-corrected chi connectivity index (χ3v) is 11.2. The van der Waals surface area contributed by atoms with Crippen molar-refractivity contribution < 1.29 is 28.6 Å². The minimum atomic E-state index is -1.19. The summed E-state index contributed by atoms with van der Waals surface area (Å²) in [5.74, 6) is -2.48. The second-order valence-electron chi connectivity index (χ2n) is 14.6. The zero-order valence-electron chi connectivity index (χ0n) is 31.2. The van der Waals surface area contributed by atoms with Gasteiger partial charge in [-0.3, -0.25) is 14.5 Å². The summed E-state index contributed by atoms with van der Waals surface area (Å²) in [7, 11) is 10.6. The number of carbonyl (C=O) groups is 3. The number of allylic oxidation sites excluding steroid dienone is 1. The minimum Gasteiger partial charge on any atom is -0.458 e. The highest BCUT2D eigenvalue weighted by atomic mass is 16.6. The first-order valence-electron chi connectivity index (χ1n) is 17.7. The van der Waals surface area contributed by atoms with Crippen molar-refractivity contribution in [2.45, 2.75) is 109 Å². The maximum absolute atomic E-state index is 13.8. The summed E-state index contributed by atoms with van der Waals surface area (Å²) in [6.45, 7) is 14.6. The molecule has 1 aromatic carbocycles. The van der Waals surface area contributed by atoms with E-state index in [1.165, 1.54) is 0 Å². The summed E-state index contributed by atoms with van der Waals surface area (Å²) in [6.07, 6.45) is 5.62. The number of carbonyl (C=O) groups excluding carboxylic acids is 3. The number of nitrogens with zero attached hydrogens (tertiary/aromatic N) is 5. The molecule has 2 radical (unpaired) electrons. The van der Waals surface area contributed by atoms with Crippen molar-refractivity contribution >= 4 is 31.4 Å². The van der Waals surface area contributed by atoms with Gasteiger partial charge in [-0.1, -0.05) is 56.7 Å². The largest absolute Gasteiger partial charge is 0.458 e.